The van der Waals surface area contributed by atoms with Gasteiger partial charge in [-0.15, -0.1) is 0 Å². The van der Waals surface area contributed by atoms with Crippen LogP contribution in [0.5, 0.6) is 0 Å². The van der Waals surface area contributed by atoms with Crippen LogP contribution >= 0.6 is 21.6 Å². The Hall–Kier alpha value is -3.36. The van der Waals surface area contributed by atoms with Crippen LogP contribution in [0.15, 0.2) is 89.6 Å². The van der Waals surface area contributed by atoms with Crippen molar-refractivity contribution in [2.24, 2.45) is 0 Å². The van der Waals surface area contributed by atoms with Gasteiger partial charge in [0.1, 0.15) is 0 Å². The summed E-state index contributed by atoms with van der Waals surface area (Å²) in [5.41, 5.74) is -0.502. The summed E-state index contributed by atoms with van der Waals surface area (Å²) in [7, 11) is 3.20. The zero-order chi connectivity index (χ0) is 21.7. The third-order valence-electron chi connectivity index (χ3n) is 5.09. The number of H-pyrrole nitrogens is 1. The second kappa shape index (κ2) is 7.40. The molecule has 0 amide bonds. The highest BCUT2D eigenvalue weighted by Crippen LogP contribution is 2.37. The Bertz CT molecular complexity index is 1580. The van der Waals surface area contributed by atoms with Crippen LogP contribution in [0.3, 0.4) is 0 Å². The maximum Gasteiger partial charge on any atom is 0.266 e. The largest absolute Gasteiger partial charge is 0.288 e. The molecular weight excluding hydrogens is 432 g/mol. The highest BCUT2D eigenvalue weighted by Gasteiger charge is 2.18. The predicted octanol–water partition coefficient (Wildman–Crippen LogP) is 3.54. The second-order valence-corrected chi connectivity index (χ2v) is 9.42. The average Bonchev–Trinajstić information content (AvgIpc) is 3.19. The van der Waals surface area contributed by atoms with Crippen molar-refractivity contribution in [3.05, 3.63) is 108 Å². The summed E-state index contributed by atoms with van der Waals surface area (Å²) in [6.45, 7) is 2.04. The molecular formula is C23H14N2O4S2. The summed E-state index contributed by atoms with van der Waals surface area (Å²) in [6, 6.07) is 18.0. The summed E-state index contributed by atoms with van der Waals surface area (Å²) in [5.74, 6) is 0. The molecule has 5 rings (SSSR count). The van der Waals surface area contributed by atoms with Crippen LogP contribution in [0.2, 0.25) is 0 Å². The molecule has 0 saturated heterocycles. The summed E-state index contributed by atoms with van der Waals surface area (Å²) in [5, 5.41) is 0.488. The molecule has 0 saturated carbocycles. The quantitative estimate of drug-likeness (QED) is 0.425. The number of benzene rings is 3. The van der Waals surface area contributed by atoms with Crippen LogP contribution < -0.4 is 22.2 Å². The van der Waals surface area contributed by atoms with Crippen molar-refractivity contribution in [2.45, 2.75) is 16.7 Å². The molecule has 2 aromatic heterocycles. The van der Waals surface area contributed by atoms with Gasteiger partial charge in [-0.2, -0.15) is 0 Å². The molecule has 0 aliphatic heterocycles. The highest BCUT2D eigenvalue weighted by atomic mass is 33.1. The normalized spacial score (nSPS) is 11.5. The molecule has 0 aliphatic carbocycles. The van der Waals surface area contributed by atoms with Gasteiger partial charge in [-0.1, -0.05) is 39.3 Å². The van der Waals surface area contributed by atoms with E-state index in [1.165, 1.54) is 17.7 Å². The Labute approximate surface area is 182 Å². The predicted molar refractivity (Wildman–Crippen MR) is 125 cm³/mol. The third kappa shape index (κ3) is 3.34. The summed E-state index contributed by atoms with van der Waals surface area (Å²) < 4.78 is 1.07. The van der Waals surface area contributed by atoms with Gasteiger partial charge in [-0.3, -0.25) is 24.2 Å². The molecule has 3 aromatic carbocycles. The van der Waals surface area contributed by atoms with Crippen molar-refractivity contribution in [3.8, 4) is 5.69 Å². The lowest BCUT2D eigenvalue weighted by Gasteiger charge is -2.04. The van der Waals surface area contributed by atoms with Crippen LogP contribution in [-0.2, 0) is 0 Å². The molecule has 0 radical (unpaired) electrons. The maximum atomic E-state index is 12.9. The summed E-state index contributed by atoms with van der Waals surface area (Å²) >= 11 is 0. The molecule has 8 heteroatoms. The zero-order valence-corrected chi connectivity index (χ0v) is 17.8. The number of rotatable bonds is 4. The number of nitrogens with zero attached hydrogens (tertiary/aromatic N) is 1. The van der Waals surface area contributed by atoms with Crippen LogP contribution in [-0.4, -0.2) is 9.55 Å². The van der Waals surface area contributed by atoms with Gasteiger partial charge in [0.2, 0.25) is 0 Å². The molecule has 0 atom stereocenters. The van der Waals surface area contributed by atoms with Gasteiger partial charge in [-0.25, -0.2) is 4.57 Å². The van der Waals surface area contributed by atoms with Gasteiger partial charge in [0.05, 0.1) is 27.2 Å². The summed E-state index contributed by atoms with van der Waals surface area (Å²) in [6.07, 6.45) is 0. The molecule has 5 aromatic rings. The van der Waals surface area contributed by atoms with Gasteiger partial charge in [-0.05, 0) is 55.5 Å². The molecule has 31 heavy (non-hydrogen) atoms. The summed E-state index contributed by atoms with van der Waals surface area (Å²) in [4.78, 5) is 53.9. The Morgan fingerprint density at radius 2 is 1.10 bits per heavy atom. The van der Waals surface area contributed by atoms with Crippen molar-refractivity contribution in [1.29, 1.82) is 0 Å². The maximum absolute atomic E-state index is 12.9. The van der Waals surface area contributed by atoms with Crippen molar-refractivity contribution >= 4 is 43.1 Å². The van der Waals surface area contributed by atoms with Crippen LogP contribution in [0.4, 0.5) is 0 Å². The Balaban J connectivity index is 1.51. The third-order valence-corrected chi connectivity index (χ3v) is 7.51. The van der Waals surface area contributed by atoms with E-state index in [1.54, 1.807) is 33.7 Å². The highest BCUT2D eigenvalue weighted by molar-refractivity contribution is 8.76. The molecule has 0 bridgehead atoms. The minimum atomic E-state index is -0.561. The lowest BCUT2D eigenvalue weighted by molar-refractivity contribution is 0.988. The number of hydrogen-bond acceptors (Lipinski definition) is 6. The Morgan fingerprint density at radius 1 is 0.645 bits per heavy atom. The number of aromatic amines is 1. The van der Waals surface area contributed by atoms with Gasteiger partial charge >= 0.3 is 0 Å². The SMILES string of the molecule is Cc1ccc(SSc2ccc(-n3c(=O)c4cc5c(=O)[nH]c(=O)c5cc4c3=O)cc2)cc1. The first-order chi connectivity index (χ1) is 14.9. The van der Waals surface area contributed by atoms with E-state index in [4.69, 9.17) is 0 Å². The van der Waals surface area contributed by atoms with E-state index in [-0.39, 0.29) is 21.5 Å². The Morgan fingerprint density at radius 3 is 1.58 bits per heavy atom. The van der Waals surface area contributed by atoms with E-state index in [2.05, 4.69) is 29.2 Å². The van der Waals surface area contributed by atoms with E-state index in [1.807, 2.05) is 19.1 Å². The van der Waals surface area contributed by atoms with Crippen molar-refractivity contribution < 1.29 is 0 Å². The first-order valence-corrected chi connectivity index (χ1v) is 11.5. The molecule has 0 unspecified atom stereocenters. The van der Waals surface area contributed by atoms with E-state index in [0.717, 1.165) is 14.4 Å². The van der Waals surface area contributed by atoms with Crippen LogP contribution in [0, 0.1) is 6.92 Å². The molecule has 152 valence electrons. The molecule has 0 spiro atoms. The number of aromatic nitrogens is 2. The lowest BCUT2D eigenvalue weighted by atomic mass is 10.1. The smallest absolute Gasteiger partial charge is 0.266 e. The lowest BCUT2D eigenvalue weighted by Crippen LogP contribution is -2.23. The van der Waals surface area contributed by atoms with E-state index in [0.29, 0.717) is 5.69 Å². The van der Waals surface area contributed by atoms with Gasteiger partial charge < -0.3 is 0 Å². The number of nitrogens with one attached hydrogen (secondary N) is 1. The molecule has 2 heterocycles. The topological polar surface area (TPSA) is 89.0 Å². The monoisotopic (exact) mass is 446 g/mol. The number of fused-ring (bicyclic) bond motifs is 2. The minimum absolute atomic E-state index is 0.117. The van der Waals surface area contributed by atoms with Gasteiger partial charge in [0.15, 0.2) is 0 Å². The second-order valence-electron chi connectivity index (χ2n) is 7.15. The molecule has 0 aliphatic rings. The first-order valence-electron chi connectivity index (χ1n) is 9.36. The number of hydrogen-bond donors (Lipinski definition) is 1. The van der Waals surface area contributed by atoms with Crippen LogP contribution in [0.25, 0.3) is 27.2 Å². The van der Waals surface area contributed by atoms with Gasteiger partial charge in [0, 0.05) is 9.79 Å². The zero-order valence-electron chi connectivity index (χ0n) is 16.2. The molecule has 6 nitrogen and oxygen atoms in total. The van der Waals surface area contributed by atoms with Crippen molar-refractivity contribution in [1.82, 2.24) is 9.55 Å². The molecule has 0 fully saturated rings. The standard InChI is InChI=1S/C23H14N2O4S2/c1-12-2-6-14(7-3-12)30-31-15-8-4-13(5-9-15)25-22(28)18-10-16-17(11-19(18)23(25)29)21(27)24-20(16)26/h2-11H,1H3,(H,24,26,27). The van der Waals surface area contributed by atoms with E-state index in [9.17, 15) is 19.2 Å². The molecule has 1 N–H and O–H groups in total. The average molecular weight is 447 g/mol. The van der Waals surface area contributed by atoms with E-state index >= 15 is 0 Å². The van der Waals surface area contributed by atoms with Crippen molar-refractivity contribution in [2.75, 3.05) is 0 Å². The fourth-order valence-corrected chi connectivity index (χ4v) is 5.41. The Kier molecular flexibility index (Phi) is 4.68. The fourth-order valence-electron chi connectivity index (χ4n) is 3.48. The number of aryl methyl sites for hydroxylation is 1. The minimum Gasteiger partial charge on any atom is -0.288 e. The van der Waals surface area contributed by atoms with Crippen molar-refractivity contribution in [3.63, 3.8) is 0 Å². The van der Waals surface area contributed by atoms with Crippen LogP contribution in [0.1, 0.15) is 5.56 Å². The van der Waals surface area contributed by atoms with Gasteiger partial charge in [0.25, 0.3) is 22.2 Å². The van der Waals surface area contributed by atoms with E-state index < -0.39 is 22.2 Å². The fraction of sp³-hybridized carbons (Fsp3) is 0.0435. The first kappa shape index (κ1) is 19.6.